The minimum Gasteiger partial charge on any atom is -0.579 e. The summed E-state index contributed by atoms with van der Waals surface area (Å²) in [6.45, 7) is 0. The van der Waals surface area contributed by atoms with Crippen molar-refractivity contribution < 1.29 is 14.8 Å². The van der Waals surface area contributed by atoms with E-state index in [-0.39, 0.29) is 0 Å². The lowest BCUT2D eigenvalue weighted by atomic mass is 10.2. The normalized spacial score (nSPS) is 10.9. The zero-order chi connectivity index (χ0) is 20.7. The molecule has 0 bridgehead atoms. The van der Waals surface area contributed by atoms with Gasteiger partial charge >= 0.3 is 0 Å². The van der Waals surface area contributed by atoms with Gasteiger partial charge in [-0.05, 0) is 12.1 Å². The van der Waals surface area contributed by atoms with Crippen molar-refractivity contribution in [1.82, 2.24) is 4.68 Å². The van der Waals surface area contributed by atoms with Gasteiger partial charge in [0.2, 0.25) is 0 Å². The smallest absolute Gasteiger partial charge is 0.283 e. The van der Waals surface area contributed by atoms with Crippen molar-refractivity contribution in [2.45, 2.75) is 0 Å². The van der Waals surface area contributed by atoms with Gasteiger partial charge in [-0.2, -0.15) is 0 Å². The fourth-order valence-corrected chi connectivity index (χ4v) is 3.19. The van der Waals surface area contributed by atoms with E-state index in [0.717, 1.165) is 10.8 Å². The molecule has 0 saturated carbocycles. The molecule has 0 unspecified atom stereocenters. The van der Waals surface area contributed by atoms with Crippen molar-refractivity contribution >= 4 is 44.6 Å². The van der Waals surface area contributed by atoms with Crippen molar-refractivity contribution in [3.05, 3.63) is 96.4 Å². The van der Waals surface area contributed by atoms with Gasteiger partial charge in [0.1, 0.15) is 0 Å². The SMILES string of the molecule is O=[N+]([O-])c1cc([N+](=O)[O-])c([N-]n2c3ccccc3c3ccccc32)c([N+](=O)[O-])c1. The number of hydrogen-bond donors (Lipinski definition) is 0. The third kappa shape index (κ3) is 2.86. The van der Waals surface area contributed by atoms with Crippen molar-refractivity contribution in [3.63, 3.8) is 0 Å². The molecule has 11 nitrogen and oxygen atoms in total. The lowest BCUT2D eigenvalue weighted by Gasteiger charge is -2.25. The third-order valence-electron chi connectivity index (χ3n) is 4.41. The molecule has 4 rings (SSSR count). The second kappa shape index (κ2) is 6.56. The maximum absolute atomic E-state index is 11.5. The highest BCUT2D eigenvalue weighted by atomic mass is 16.6. The fourth-order valence-electron chi connectivity index (χ4n) is 3.19. The topological polar surface area (TPSA) is 148 Å². The number of benzene rings is 3. The van der Waals surface area contributed by atoms with Crippen molar-refractivity contribution in [2.75, 3.05) is 0 Å². The lowest BCUT2D eigenvalue weighted by Crippen LogP contribution is -2.00. The molecule has 0 N–H and O–H groups in total. The van der Waals surface area contributed by atoms with Crippen LogP contribution in [-0.4, -0.2) is 19.4 Å². The van der Waals surface area contributed by atoms with Crippen LogP contribution < -0.4 is 0 Å². The molecule has 0 aliphatic carbocycles. The molecule has 3 aromatic carbocycles. The quantitative estimate of drug-likeness (QED) is 0.345. The third-order valence-corrected chi connectivity index (χ3v) is 4.41. The predicted octanol–water partition coefficient (Wildman–Crippen LogP) is 4.99. The molecule has 144 valence electrons. The average molecular weight is 392 g/mol. The van der Waals surface area contributed by atoms with Crippen LogP contribution in [0.4, 0.5) is 22.7 Å². The van der Waals surface area contributed by atoms with Crippen LogP contribution in [0.25, 0.3) is 27.2 Å². The summed E-state index contributed by atoms with van der Waals surface area (Å²) in [4.78, 5) is 31.3. The summed E-state index contributed by atoms with van der Waals surface area (Å²) in [5, 5.41) is 35.7. The molecule has 0 aliphatic rings. The van der Waals surface area contributed by atoms with Crippen LogP contribution in [0.2, 0.25) is 0 Å². The zero-order valence-corrected chi connectivity index (χ0v) is 14.5. The number of non-ortho nitro benzene ring substituents is 1. The first-order valence-corrected chi connectivity index (χ1v) is 8.20. The Labute approximate surface area is 161 Å². The van der Waals surface area contributed by atoms with Crippen molar-refractivity contribution in [1.29, 1.82) is 0 Å². The number of nitro groups is 3. The van der Waals surface area contributed by atoms with E-state index >= 15 is 0 Å². The summed E-state index contributed by atoms with van der Waals surface area (Å²) in [6.07, 6.45) is 0. The fraction of sp³-hybridized carbons (Fsp3) is 0. The zero-order valence-electron chi connectivity index (χ0n) is 14.5. The van der Waals surface area contributed by atoms with Crippen LogP contribution in [0.5, 0.6) is 0 Å². The van der Waals surface area contributed by atoms with Gasteiger partial charge in [0.15, 0.2) is 0 Å². The minimum atomic E-state index is -0.926. The molecule has 0 radical (unpaired) electrons. The van der Waals surface area contributed by atoms with E-state index in [4.69, 9.17) is 0 Å². The molecule has 0 amide bonds. The van der Waals surface area contributed by atoms with Crippen molar-refractivity contribution in [3.8, 4) is 0 Å². The van der Waals surface area contributed by atoms with Gasteiger partial charge < -0.3 is 10.1 Å². The summed E-state index contributed by atoms with van der Waals surface area (Å²) in [5.74, 6) is 0. The van der Waals surface area contributed by atoms with Crippen molar-refractivity contribution in [2.24, 2.45) is 0 Å². The maximum atomic E-state index is 11.5. The lowest BCUT2D eigenvalue weighted by molar-refractivity contribution is -0.401. The second-order valence-corrected chi connectivity index (χ2v) is 6.05. The summed E-state index contributed by atoms with van der Waals surface area (Å²) >= 11 is 0. The average Bonchev–Trinajstić information content (AvgIpc) is 3.01. The van der Waals surface area contributed by atoms with Gasteiger partial charge in [0, 0.05) is 27.5 Å². The van der Waals surface area contributed by atoms with Crippen LogP contribution in [0, 0.1) is 30.3 Å². The summed E-state index contributed by atoms with van der Waals surface area (Å²) in [6, 6.07) is 15.6. The van der Waals surface area contributed by atoms with E-state index in [9.17, 15) is 30.3 Å². The molecule has 11 heteroatoms. The summed E-state index contributed by atoms with van der Waals surface area (Å²) in [5.41, 5.74) is 2.39. The Kier molecular flexibility index (Phi) is 4.04. The Balaban J connectivity index is 2.03. The molecule has 0 fully saturated rings. The van der Waals surface area contributed by atoms with Gasteiger partial charge in [-0.3, -0.25) is 30.3 Å². The van der Waals surface area contributed by atoms with Gasteiger partial charge in [0.25, 0.3) is 17.1 Å². The van der Waals surface area contributed by atoms with E-state index in [1.165, 1.54) is 4.68 Å². The first kappa shape index (κ1) is 17.9. The predicted molar refractivity (Wildman–Crippen MR) is 104 cm³/mol. The van der Waals surface area contributed by atoms with Gasteiger partial charge in [-0.1, -0.05) is 36.4 Å². The van der Waals surface area contributed by atoms with E-state index in [2.05, 4.69) is 5.43 Å². The molecule has 29 heavy (non-hydrogen) atoms. The first-order chi connectivity index (χ1) is 13.9. The number of rotatable bonds is 5. The van der Waals surface area contributed by atoms with E-state index in [0.29, 0.717) is 23.2 Å². The summed E-state index contributed by atoms with van der Waals surface area (Å²) < 4.78 is 1.37. The highest BCUT2D eigenvalue weighted by Gasteiger charge is 2.26. The van der Waals surface area contributed by atoms with Crippen LogP contribution in [0.15, 0.2) is 60.7 Å². The van der Waals surface area contributed by atoms with Crippen LogP contribution in [0.1, 0.15) is 0 Å². The standard InChI is InChI=1S/C18H10N5O6/c24-21(25)11-9-16(22(26)27)18(17(10-11)23(28)29)19-20-14-7-3-1-5-12(14)13-6-2-4-8-15(13)20/h1-10H/q-1. The van der Waals surface area contributed by atoms with Crippen LogP contribution in [0.3, 0.4) is 0 Å². The molecule has 0 spiro atoms. The first-order valence-electron chi connectivity index (χ1n) is 8.20. The molecular weight excluding hydrogens is 382 g/mol. The number of nitro benzene ring substituents is 3. The van der Waals surface area contributed by atoms with Gasteiger partial charge in [-0.15, -0.1) is 0 Å². The van der Waals surface area contributed by atoms with Gasteiger partial charge in [0.05, 0.1) is 26.9 Å². The highest BCUT2D eigenvalue weighted by molar-refractivity contribution is 6.08. The number of nitrogens with zero attached hydrogens (tertiary/aromatic N) is 5. The second-order valence-electron chi connectivity index (χ2n) is 6.05. The van der Waals surface area contributed by atoms with E-state index in [1.807, 2.05) is 24.3 Å². The molecular formula is C18H10N5O6-. The molecule has 0 saturated heterocycles. The Morgan fingerprint density at radius 1 is 0.690 bits per heavy atom. The Morgan fingerprint density at radius 2 is 1.14 bits per heavy atom. The Morgan fingerprint density at radius 3 is 1.55 bits per heavy atom. The molecule has 0 atom stereocenters. The largest absolute Gasteiger partial charge is 0.579 e. The number of aromatic nitrogens is 1. The number of para-hydroxylation sites is 2. The van der Waals surface area contributed by atoms with E-state index in [1.54, 1.807) is 24.3 Å². The van der Waals surface area contributed by atoms with Crippen LogP contribution >= 0.6 is 0 Å². The van der Waals surface area contributed by atoms with Gasteiger partial charge in [-0.25, -0.2) is 0 Å². The highest BCUT2D eigenvalue weighted by Crippen LogP contribution is 2.45. The molecule has 0 aliphatic heterocycles. The van der Waals surface area contributed by atoms with Crippen LogP contribution in [-0.2, 0) is 0 Å². The summed E-state index contributed by atoms with van der Waals surface area (Å²) in [7, 11) is 0. The maximum Gasteiger partial charge on any atom is 0.283 e. The molecule has 1 heterocycles. The monoisotopic (exact) mass is 392 g/mol. The molecule has 4 aromatic rings. The Bertz CT molecular complexity index is 1240. The molecule has 1 aromatic heterocycles. The number of hydrogen-bond acceptors (Lipinski definition) is 6. The number of fused-ring (bicyclic) bond motifs is 3. The van der Waals surface area contributed by atoms with E-state index < -0.39 is 37.5 Å². The Hall–Kier alpha value is -4.54. The minimum absolute atomic E-state index is 0.572.